The smallest absolute Gasteiger partial charge is 0.349 e. The number of hydrogen-bond donors (Lipinski definition) is 0. The minimum Gasteiger partial charge on any atom is -0.448 e. The van der Waals surface area contributed by atoms with E-state index in [9.17, 15) is 14.4 Å². The van der Waals surface area contributed by atoms with Crippen LogP contribution in [0, 0.1) is 6.92 Å². The lowest BCUT2D eigenvalue weighted by Crippen LogP contribution is -2.38. The molecule has 138 valence electrons. The van der Waals surface area contributed by atoms with Crippen LogP contribution < -0.4 is 5.56 Å². The first-order valence-electron chi connectivity index (χ1n) is 9.00. The molecule has 0 spiro atoms. The molecule has 0 aliphatic carbocycles. The summed E-state index contributed by atoms with van der Waals surface area (Å²) in [6.07, 6.45) is 2.85. The summed E-state index contributed by atoms with van der Waals surface area (Å²) in [5.41, 5.74) is 0.506. The van der Waals surface area contributed by atoms with E-state index in [0.717, 1.165) is 44.6 Å². The average molecular weight is 375 g/mol. The first-order valence-corrected chi connectivity index (χ1v) is 9.81. The van der Waals surface area contributed by atoms with Gasteiger partial charge >= 0.3 is 5.97 Å². The van der Waals surface area contributed by atoms with Gasteiger partial charge in [0, 0.05) is 26.1 Å². The Morgan fingerprint density at radius 1 is 1.19 bits per heavy atom. The van der Waals surface area contributed by atoms with Gasteiger partial charge in [0.2, 0.25) is 0 Å². The first-order chi connectivity index (χ1) is 12.5. The highest BCUT2D eigenvalue weighted by atomic mass is 32.1. The molecule has 1 fully saturated rings. The third-order valence-electron chi connectivity index (χ3n) is 5.15. The van der Waals surface area contributed by atoms with Gasteiger partial charge in [-0.2, -0.15) is 0 Å². The van der Waals surface area contributed by atoms with Crippen LogP contribution in [0.1, 0.15) is 47.2 Å². The maximum Gasteiger partial charge on any atom is 0.349 e. The van der Waals surface area contributed by atoms with Crippen molar-refractivity contribution in [3.05, 3.63) is 26.6 Å². The fraction of sp³-hybridized carbons (Fsp3) is 0.556. The third-order valence-corrected chi connectivity index (χ3v) is 6.31. The maximum absolute atomic E-state index is 12.7. The van der Waals surface area contributed by atoms with E-state index in [0.29, 0.717) is 27.2 Å². The summed E-state index contributed by atoms with van der Waals surface area (Å²) >= 11 is 1.17. The van der Waals surface area contributed by atoms with Crippen LogP contribution in [0.2, 0.25) is 0 Å². The van der Waals surface area contributed by atoms with Crippen molar-refractivity contribution >= 4 is 33.4 Å². The number of thiophene rings is 1. The Balaban J connectivity index is 1.61. The van der Waals surface area contributed by atoms with Gasteiger partial charge in [0.15, 0.2) is 6.10 Å². The SMILES string of the molecule is Cc1c(C(=O)OC(C)C(=O)N2CCCC2)sc2nc3n(c(=O)c12)CCC3. The Labute approximate surface area is 154 Å². The van der Waals surface area contributed by atoms with E-state index in [-0.39, 0.29) is 11.5 Å². The monoisotopic (exact) mass is 375 g/mol. The van der Waals surface area contributed by atoms with Crippen molar-refractivity contribution in [1.82, 2.24) is 14.5 Å². The highest BCUT2D eigenvalue weighted by Crippen LogP contribution is 2.29. The van der Waals surface area contributed by atoms with Gasteiger partial charge in [-0.05, 0) is 38.7 Å². The molecular formula is C18H21N3O4S. The number of aryl methyl sites for hydroxylation is 2. The van der Waals surface area contributed by atoms with Crippen LogP contribution in [-0.4, -0.2) is 45.5 Å². The van der Waals surface area contributed by atoms with Crippen LogP contribution in [-0.2, 0) is 22.5 Å². The van der Waals surface area contributed by atoms with Crippen LogP contribution in [0.3, 0.4) is 0 Å². The first kappa shape index (κ1) is 17.2. The zero-order valence-electron chi connectivity index (χ0n) is 14.9. The van der Waals surface area contributed by atoms with Crippen LogP contribution >= 0.6 is 11.3 Å². The van der Waals surface area contributed by atoms with Crippen molar-refractivity contribution in [3.8, 4) is 0 Å². The molecule has 2 aromatic rings. The van der Waals surface area contributed by atoms with E-state index in [4.69, 9.17) is 4.74 Å². The van der Waals surface area contributed by atoms with E-state index in [1.165, 1.54) is 11.3 Å². The summed E-state index contributed by atoms with van der Waals surface area (Å²) in [5.74, 6) is 0.0585. The number of rotatable bonds is 3. The van der Waals surface area contributed by atoms with Gasteiger partial charge in [-0.1, -0.05) is 0 Å². The van der Waals surface area contributed by atoms with E-state index < -0.39 is 12.1 Å². The third kappa shape index (κ3) is 2.72. The van der Waals surface area contributed by atoms with Crippen LogP contribution in [0.25, 0.3) is 10.2 Å². The Kier molecular flexibility index (Phi) is 4.30. The van der Waals surface area contributed by atoms with Crippen LogP contribution in [0.4, 0.5) is 0 Å². The minimum absolute atomic E-state index is 0.0866. The number of carbonyl (C=O) groups is 2. The van der Waals surface area contributed by atoms with Gasteiger partial charge in [-0.3, -0.25) is 14.2 Å². The van der Waals surface area contributed by atoms with Crippen molar-refractivity contribution in [2.45, 2.75) is 52.2 Å². The topological polar surface area (TPSA) is 81.5 Å². The van der Waals surface area contributed by atoms with Gasteiger partial charge in [-0.25, -0.2) is 9.78 Å². The van der Waals surface area contributed by atoms with Crippen molar-refractivity contribution < 1.29 is 14.3 Å². The highest BCUT2D eigenvalue weighted by Gasteiger charge is 2.29. The molecule has 4 rings (SSSR count). The summed E-state index contributed by atoms with van der Waals surface area (Å²) in [4.78, 5) is 44.9. The van der Waals surface area contributed by atoms with Gasteiger partial charge in [-0.15, -0.1) is 11.3 Å². The zero-order valence-corrected chi connectivity index (χ0v) is 15.7. The lowest BCUT2D eigenvalue weighted by atomic mass is 10.2. The molecule has 0 bridgehead atoms. The van der Waals surface area contributed by atoms with Gasteiger partial charge in [0.1, 0.15) is 15.5 Å². The molecule has 2 aromatic heterocycles. The van der Waals surface area contributed by atoms with Gasteiger partial charge < -0.3 is 9.64 Å². The predicted molar refractivity (Wildman–Crippen MR) is 97.6 cm³/mol. The molecule has 1 saturated heterocycles. The number of ether oxygens (including phenoxy) is 1. The van der Waals surface area contributed by atoms with Crippen LogP contribution in [0.15, 0.2) is 4.79 Å². The van der Waals surface area contributed by atoms with Crippen molar-refractivity contribution in [2.75, 3.05) is 13.1 Å². The molecule has 1 amide bonds. The maximum atomic E-state index is 12.7. The fourth-order valence-electron chi connectivity index (χ4n) is 3.73. The molecule has 26 heavy (non-hydrogen) atoms. The second-order valence-electron chi connectivity index (χ2n) is 6.90. The normalized spacial score (nSPS) is 17.5. The minimum atomic E-state index is -0.829. The summed E-state index contributed by atoms with van der Waals surface area (Å²) in [5, 5.41) is 0.492. The zero-order chi connectivity index (χ0) is 18.4. The summed E-state index contributed by atoms with van der Waals surface area (Å²) < 4.78 is 7.10. The second-order valence-corrected chi connectivity index (χ2v) is 7.90. The Morgan fingerprint density at radius 3 is 2.65 bits per heavy atom. The molecular weight excluding hydrogens is 354 g/mol. The molecule has 1 atom stereocenters. The summed E-state index contributed by atoms with van der Waals surface area (Å²) in [7, 11) is 0. The largest absolute Gasteiger partial charge is 0.448 e. The van der Waals surface area contributed by atoms with E-state index in [1.807, 2.05) is 0 Å². The molecule has 0 N–H and O–H groups in total. The molecule has 1 unspecified atom stereocenters. The number of nitrogens with zero attached hydrogens (tertiary/aromatic N) is 3. The number of aromatic nitrogens is 2. The molecule has 8 heteroatoms. The number of fused-ring (bicyclic) bond motifs is 2. The van der Waals surface area contributed by atoms with Gasteiger partial charge in [0.05, 0.1) is 5.39 Å². The number of amides is 1. The standard InChI is InChI=1S/C18H21N3O4S/c1-10-13-15(19-12-6-5-9-21(12)17(13)23)26-14(10)18(24)25-11(2)16(22)20-7-3-4-8-20/h11H,3-9H2,1-2H3. The summed E-state index contributed by atoms with van der Waals surface area (Å²) in [6, 6.07) is 0. The van der Waals surface area contributed by atoms with E-state index in [1.54, 1.807) is 23.3 Å². The molecule has 0 radical (unpaired) electrons. The Morgan fingerprint density at radius 2 is 1.92 bits per heavy atom. The van der Waals surface area contributed by atoms with E-state index in [2.05, 4.69) is 4.98 Å². The molecule has 2 aliphatic heterocycles. The number of hydrogen-bond acceptors (Lipinski definition) is 6. The second kappa shape index (κ2) is 6.50. The molecule has 7 nitrogen and oxygen atoms in total. The molecule has 2 aliphatic rings. The average Bonchev–Trinajstić information content (AvgIpc) is 3.34. The fourth-order valence-corrected chi connectivity index (χ4v) is 4.80. The summed E-state index contributed by atoms with van der Waals surface area (Å²) in [6.45, 7) is 5.45. The van der Waals surface area contributed by atoms with Crippen LogP contribution in [0.5, 0.6) is 0 Å². The predicted octanol–water partition coefficient (Wildman–Crippen LogP) is 1.88. The number of likely N-dealkylation sites (tertiary alicyclic amines) is 1. The lowest BCUT2D eigenvalue weighted by molar-refractivity contribution is -0.138. The van der Waals surface area contributed by atoms with Crippen molar-refractivity contribution in [2.24, 2.45) is 0 Å². The molecule has 0 aromatic carbocycles. The molecule has 0 saturated carbocycles. The quantitative estimate of drug-likeness (QED) is 0.765. The Bertz CT molecular complexity index is 955. The number of carbonyl (C=O) groups excluding carboxylic acids is 2. The highest BCUT2D eigenvalue weighted by molar-refractivity contribution is 7.20. The van der Waals surface area contributed by atoms with E-state index >= 15 is 0 Å². The van der Waals surface area contributed by atoms with Crippen molar-refractivity contribution in [1.29, 1.82) is 0 Å². The lowest BCUT2D eigenvalue weighted by Gasteiger charge is -2.20. The van der Waals surface area contributed by atoms with Crippen molar-refractivity contribution in [3.63, 3.8) is 0 Å². The Hall–Kier alpha value is -2.22. The number of esters is 1. The molecule has 4 heterocycles. The van der Waals surface area contributed by atoms with Gasteiger partial charge in [0.25, 0.3) is 11.5 Å².